The molecule has 0 bridgehead atoms. The topological polar surface area (TPSA) is 6.25 Å². The van der Waals surface area contributed by atoms with Crippen molar-refractivity contribution in [3.8, 4) is 0 Å². The van der Waals surface area contributed by atoms with Crippen LogP contribution in [0.25, 0.3) is 0 Å². The highest BCUT2D eigenvalue weighted by Gasteiger charge is 2.09. The Hall–Kier alpha value is -0.370. The van der Waals surface area contributed by atoms with Crippen LogP contribution in [0.2, 0.25) is 0 Å². The van der Waals surface area contributed by atoms with Crippen LogP contribution in [0.15, 0.2) is 0 Å². The molecule has 0 radical (unpaired) electrons. The predicted molar refractivity (Wildman–Crippen MR) is 29.7 cm³/mol. The molecule has 0 amide bonds. The molecule has 1 rings (SSSR count). The Balaban J connectivity index is 2.42. The third-order valence-electron chi connectivity index (χ3n) is 1.17. The van der Waals surface area contributed by atoms with E-state index < -0.39 is 0 Å². The van der Waals surface area contributed by atoms with Gasteiger partial charge in [-0.05, 0) is 7.05 Å². The molecule has 1 aliphatic rings. The highest BCUT2D eigenvalue weighted by molar-refractivity contribution is 5.54. The highest BCUT2D eigenvalue weighted by atomic mass is 15.3. The maximum atomic E-state index is 2.25. The van der Waals surface area contributed by atoms with E-state index in [9.17, 15) is 0 Å². The monoisotopic (exact) mass is 99.1 g/mol. The molecule has 7 heavy (non-hydrogen) atoms. The molecule has 0 saturated heterocycles. The minimum absolute atomic E-state index is 1.08. The lowest BCUT2D eigenvalue weighted by Crippen LogP contribution is -2.17. The summed E-state index contributed by atoms with van der Waals surface area (Å²) in [6.07, 6.45) is 2.18. The van der Waals surface area contributed by atoms with Crippen LogP contribution in [0.4, 0.5) is 0 Å². The van der Waals surface area contributed by atoms with Gasteiger partial charge < -0.3 is 0 Å². The van der Waals surface area contributed by atoms with Crippen molar-refractivity contribution in [3.63, 3.8) is 0 Å². The molecule has 0 fully saturated rings. The van der Waals surface area contributed by atoms with Gasteiger partial charge in [0.25, 0.3) is 0 Å². The van der Waals surface area contributed by atoms with E-state index in [1.807, 2.05) is 0 Å². The zero-order valence-corrected chi connectivity index (χ0v) is 4.89. The Morgan fingerprint density at radius 3 is 2.57 bits per heavy atom. The van der Waals surface area contributed by atoms with E-state index in [2.05, 4.69) is 29.8 Å². The maximum absolute atomic E-state index is 2.25. The minimum Gasteiger partial charge on any atom is -0.242 e. The fourth-order valence-corrected chi connectivity index (χ4v) is 0.775. The van der Waals surface area contributed by atoms with Crippen molar-refractivity contribution in [2.75, 3.05) is 27.3 Å². The van der Waals surface area contributed by atoms with Crippen molar-refractivity contribution in [1.29, 1.82) is 0 Å². The SMILES string of the molecule is CN1CC=[N+](C)C1. The Morgan fingerprint density at radius 1 is 1.71 bits per heavy atom. The first-order valence-electron chi connectivity index (χ1n) is 2.51. The van der Waals surface area contributed by atoms with Gasteiger partial charge in [0.05, 0.1) is 6.54 Å². The maximum Gasteiger partial charge on any atom is 0.198 e. The quantitative estimate of drug-likeness (QED) is 0.375. The first-order valence-corrected chi connectivity index (χ1v) is 2.51. The second kappa shape index (κ2) is 1.62. The van der Waals surface area contributed by atoms with Gasteiger partial charge in [-0.1, -0.05) is 0 Å². The standard InChI is InChI=1S/C5H11N2/c1-6-3-4-7(2)5-6/h3H,4-5H2,1-2H3/q+1. The molecule has 40 valence electrons. The first kappa shape index (κ1) is 4.78. The predicted octanol–water partition coefficient (Wildman–Crippen LogP) is -0.398. The Bertz CT molecular complexity index is 96.3. The van der Waals surface area contributed by atoms with Crippen molar-refractivity contribution in [2.45, 2.75) is 0 Å². The van der Waals surface area contributed by atoms with Gasteiger partial charge in [0.2, 0.25) is 0 Å². The van der Waals surface area contributed by atoms with Gasteiger partial charge in [0.1, 0.15) is 7.05 Å². The van der Waals surface area contributed by atoms with Crippen LogP contribution in [0.5, 0.6) is 0 Å². The fourth-order valence-electron chi connectivity index (χ4n) is 0.775. The Kier molecular flexibility index (Phi) is 1.11. The third kappa shape index (κ3) is 0.996. The molecule has 2 heteroatoms. The molecule has 0 N–H and O–H groups in total. The van der Waals surface area contributed by atoms with Crippen molar-refractivity contribution in [2.24, 2.45) is 0 Å². The summed E-state index contributed by atoms with van der Waals surface area (Å²) in [4.78, 5) is 2.25. The van der Waals surface area contributed by atoms with Crippen LogP contribution in [0.1, 0.15) is 0 Å². The average molecular weight is 99.2 g/mol. The van der Waals surface area contributed by atoms with Crippen LogP contribution < -0.4 is 0 Å². The average Bonchev–Trinajstić information content (AvgIpc) is 1.87. The summed E-state index contributed by atoms with van der Waals surface area (Å²) in [5, 5.41) is 0. The number of nitrogens with zero attached hydrogens (tertiary/aromatic N) is 2. The van der Waals surface area contributed by atoms with E-state index in [-0.39, 0.29) is 0 Å². The molecule has 0 aromatic carbocycles. The lowest BCUT2D eigenvalue weighted by molar-refractivity contribution is -0.500. The normalized spacial score (nSPS) is 22.9. The van der Waals surface area contributed by atoms with Crippen molar-refractivity contribution < 1.29 is 4.58 Å². The van der Waals surface area contributed by atoms with Gasteiger partial charge in [0, 0.05) is 0 Å². The summed E-state index contributed by atoms with van der Waals surface area (Å²) in [5.74, 6) is 0. The van der Waals surface area contributed by atoms with E-state index in [0.29, 0.717) is 0 Å². The summed E-state index contributed by atoms with van der Waals surface area (Å²) in [6.45, 7) is 2.19. The molecular weight excluding hydrogens is 88.1 g/mol. The zero-order chi connectivity index (χ0) is 5.28. The van der Waals surface area contributed by atoms with E-state index in [4.69, 9.17) is 0 Å². The zero-order valence-electron chi connectivity index (χ0n) is 4.89. The summed E-state index contributed by atoms with van der Waals surface area (Å²) < 4.78 is 2.18. The van der Waals surface area contributed by atoms with Crippen LogP contribution in [0, 0.1) is 0 Å². The molecule has 1 heterocycles. The minimum atomic E-state index is 1.08. The molecule has 0 aromatic heterocycles. The third-order valence-corrected chi connectivity index (χ3v) is 1.17. The summed E-state index contributed by atoms with van der Waals surface area (Å²) >= 11 is 0. The largest absolute Gasteiger partial charge is 0.242 e. The van der Waals surface area contributed by atoms with Gasteiger partial charge in [-0.2, -0.15) is 0 Å². The Morgan fingerprint density at radius 2 is 2.43 bits per heavy atom. The molecule has 0 unspecified atom stereocenters. The number of rotatable bonds is 0. The summed E-state index contributed by atoms with van der Waals surface area (Å²) in [5.41, 5.74) is 0. The Labute approximate surface area is 44.1 Å². The van der Waals surface area contributed by atoms with E-state index in [1.165, 1.54) is 0 Å². The van der Waals surface area contributed by atoms with Gasteiger partial charge in [-0.3, -0.25) is 0 Å². The molecule has 0 atom stereocenters. The first-order chi connectivity index (χ1) is 3.29. The van der Waals surface area contributed by atoms with Crippen LogP contribution in [-0.2, 0) is 0 Å². The lowest BCUT2D eigenvalue weighted by atomic mass is 10.7. The highest BCUT2D eigenvalue weighted by Crippen LogP contribution is 1.85. The molecule has 0 spiro atoms. The second-order valence-corrected chi connectivity index (χ2v) is 2.12. The van der Waals surface area contributed by atoms with Crippen molar-refractivity contribution in [1.82, 2.24) is 4.90 Å². The van der Waals surface area contributed by atoms with Crippen LogP contribution >= 0.6 is 0 Å². The van der Waals surface area contributed by atoms with Gasteiger partial charge in [-0.25, -0.2) is 9.48 Å². The van der Waals surface area contributed by atoms with Crippen molar-refractivity contribution >= 4 is 6.21 Å². The smallest absolute Gasteiger partial charge is 0.198 e. The van der Waals surface area contributed by atoms with E-state index >= 15 is 0 Å². The molecule has 2 nitrogen and oxygen atoms in total. The van der Waals surface area contributed by atoms with E-state index in [0.717, 1.165) is 13.2 Å². The summed E-state index contributed by atoms with van der Waals surface area (Å²) in [7, 11) is 4.20. The molecule has 0 aliphatic carbocycles. The van der Waals surface area contributed by atoms with E-state index in [1.54, 1.807) is 0 Å². The molecule has 0 saturated carbocycles. The second-order valence-electron chi connectivity index (χ2n) is 2.12. The number of hydrogen-bond donors (Lipinski definition) is 0. The molecule has 1 aliphatic heterocycles. The van der Waals surface area contributed by atoms with Gasteiger partial charge >= 0.3 is 0 Å². The lowest BCUT2D eigenvalue weighted by Gasteiger charge is -1.97. The van der Waals surface area contributed by atoms with Crippen LogP contribution in [0.3, 0.4) is 0 Å². The van der Waals surface area contributed by atoms with Crippen LogP contribution in [-0.4, -0.2) is 43.0 Å². The molecule has 0 aromatic rings. The number of hydrogen-bond acceptors (Lipinski definition) is 1. The van der Waals surface area contributed by atoms with Gasteiger partial charge in [-0.15, -0.1) is 0 Å². The van der Waals surface area contributed by atoms with Gasteiger partial charge in [0.15, 0.2) is 12.9 Å². The van der Waals surface area contributed by atoms with Crippen molar-refractivity contribution in [3.05, 3.63) is 0 Å². The fraction of sp³-hybridized carbons (Fsp3) is 0.800. The molecular formula is C5H11N2+. The summed E-state index contributed by atoms with van der Waals surface area (Å²) in [6, 6.07) is 0.